The van der Waals surface area contributed by atoms with Crippen LogP contribution < -0.4 is 9.47 Å². The van der Waals surface area contributed by atoms with Crippen LogP contribution in [-0.2, 0) is 27.4 Å². The molecule has 3 heterocycles. The maximum Gasteiger partial charge on any atom is 0.242 e. The predicted molar refractivity (Wildman–Crippen MR) is 134 cm³/mol. The van der Waals surface area contributed by atoms with Crippen LogP contribution in [0, 0.1) is 12.3 Å². The van der Waals surface area contributed by atoms with E-state index in [1.807, 2.05) is 58.0 Å². The molecule has 0 bridgehead atoms. The molecule has 9 heteroatoms. The van der Waals surface area contributed by atoms with Crippen molar-refractivity contribution < 1.29 is 28.2 Å². The monoisotopic (exact) mass is 499 g/mol. The number of benzene rings is 1. The van der Waals surface area contributed by atoms with Gasteiger partial charge in [-0.15, -0.1) is 0 Å². The molecule has 0 radical (unpaired) electrons. The summed E-state index contributed by atoms with van der Waals surface area (Å²) in [4.78, 5) is 32.7. The molecule has 4 rings (SSSR count). The number of nitrogens with zero attached hydrogens (tertiary/aromatic N) is 3. The molecule has 0 atom stereocenters. The van der Waals surface area contributed by atoms with Gasteiger partial charge in [0, 0.05) is 38.1 Å². The quantitative estimate of drug-likeness (QED) is 0.524. The largest absolute Gasteiger partial charge is 0.464 e. The Kier molecular flexibility index (Phi) is 8.21. The molecule has 2 amide bonds. The maximum atomic E-state index is 13.7. The fourth-order valence-corrected chi connectivity index (χ4v) is 4.33. The average Bonchev–Trinajstić information content (AvgIpc) is 3.49. The van der Waals surface area contributed by atoms with Crippen LogP contribution in [-0.4, -0.2) is 79.2 Å². The second-order valence-corrected chi connectivity index (χ2v) is 10.4. The third-order valence-corrected chi connectivity index (χ3v) is 6.35. The minimum Gasteiger partial charge on any atom is -0.464 e. The number of ether oxygens (including phenoxy) is 3. The van der Waals surface area contributed by atoms with Crippen molar-refractivity contribution in [3.05, 3.63) is 47.4 Å². The van der Waals surface area contributed by atoms with Crippen molar-refractivity contribution in [2.24, 2.45) is 5.41 Å². The molecule has 0 saturated carbocycles. The molecule has 1 saturated heterocycles. The van der Waals surface area contributed by atoms with Crippen molar-refractivity contribution in [3.8, 4) is 11.5 Å². The molecule has 0 unspecified atom stereocenters. The average molecular weight is 500 g/mol. The first-order valence-electron chi connectivity index (χ1n) is 12.5. The molecule has 1 fully saturated rings. The zero-order valence-electron chi connectivity index (χ0n) is 21.7. The number of hydrogen-bond acceptors (Lipinski definition) is 7. The van der Waals surface area contributed by atoms with Gasteiger partial charge in [0.05, 0.1) is 26.3 Å². The van der Waals surface area contributed by atoms with E-state index in [2.05, 4.69) is 4.90 Å². The van der Waals surface area contributed by atoms with E-state index < -0.39 is 5.41 Å². The molecular weight excluding hydrogens is 462 g/mol. The Bertz CT molecular complexity index is 1050. The molecule has 1 aromatic heterocycles. The Morgan fingerprint density at radius 1 is 0.972 bits per heavy atom. The third kappa shape index (κ3) is 6.79. The highest BCUT2D eigenvalue weighted by molar-refractivity contribution is 5.87. The normalized spacial score (nSPS) is 15.7. The maximum absolute atomic E-state index is 13.7. The number of hydrogen-bond donors (Lipinski definition) is 0. The van der Waals surface area contributed by atoms with E-state index in [9.17, 15) is 9.59 Å². The van der Waals surface area contributed by atoms with Crippen LogP contribution in [0.2, 0.25) is 0 Å². The van der Waals surface area contributed by atoms with Gasteiger partial charge >= 0.3 is 0 Å². The molecule has 2 aliphatic heterocycles. The summed E-state index contributed by atoms with van der Waals surface area (Å²) in [5, 5.41) is 0. The van der Waals surface area contributed by atoms with Gasteiger partial charge in [-0.25, -0.2) is 0 Å². The molecule has 0 spiro atoms. The Morgan fingerprint density at radius 3 is 2.42 bits per heavy atom. The van der Waals surface area contributed by atoms with Gasteiger partial charge in [0.25, 0.3) is 0 Å². The second kappa shape index (κ2) is 11.3. The number of fused-ring (bicyclic) bond motifs is 1. The lowest BCUT2D eigenvalue weighted by Crippen LogP contribution is -2.49. The van der Waals surface area contributed by atoms with Gasteiger partial charge in [0.15, 0.2) is 11.5 Å². The molecule has 2 aromatic rings. The number of carbonyl (C=O) groups excluding carboxylic acids is 2. The van der Waals surface area contributed by atoms with Gasteiger partial charge in [-0.05, 0) is 36.8 Å². The highest BCUT2D eigenvalue weighted by Crippen LogP contribution is 2.33. The molecule has 0 N–H and O–H groups in total. The Hall–Kier alpha value is -3.04. The van der Waals surface area contributed by atoms with Crippen LogP contribution in [0.3, 0.4) is 0 Å². The Labute approximate surface area is 212 Å². The second-order valence-electron chi connectivity index (χ2n) is 10.4. The van der Waals surface area contributed by atoms with Crippen LogP contribution in [0.25, 0.3) is 0 Å². The molecule has 196 valence electrons. The first-order chi connectivity index (χ1) is 17.2. The van der Waals surface area contributed by atoms with Crippen molar-refractivity contribution in [3.63, 3.8) is 0 Å². The summed E-state index contributed by atoms with van der Waals surface area (Å²) in [6, 6.07) is 9.45. The summed E-state index contributed by atoms with van der Waals surface area (Å²) in [5.41, 5.74) is 0.323. The van der Waals surface area contributed by atoms with E-state index in [1.54, 1.807) is 9.80 Å². The number of amides is 2. The van der Waals surface area contributed by atoms with Crippen LogP contribution in [0.15, 0.2) is 34.7 Å². The zero-order chi connectivity index (χ0) is 25.7. The van der Waals surface area contributed by atoms with Crippen molar-refractivity contribution in [2.75, 3.05) is 52.7 Å². The van der Waals surface area contributed by atoms with Crippen molar-refractivity contribution >= 4 is 11.8 Å². The Morgan fingerprint density at radius 2 is 1.72 bits per heavy atom. The molecule has 0 aliphatic carbocycles. The Balaban J connectivity index is 1.50. The van der Waals surface area contributed by atoms with E-state index in [4.69, 9.17) is 18.6 Å². The lowest BCUT2D eigenvalue weighted by atomic mass is 9.94. The fourth-order valence-electron chi connectivity index (χ4n) is 4.33. The number of morpholine rings is 1. The van der Waals surface area contributed by atoms with Crippen LogP contribution in [0.5, 0.6) is 11.5 Å². The highest BCUT2D eigenvalue weighted by atomic mass is 16.7. The number of furan rings is 1. The summed E-state index contributed by atoms with van der Waals surface area (Å²) in [6.07, 6.45) is 0. The lowest BCUT2D eigenvalue weighted by Gasteiger charge is -2.34. The van der Waals surface area contributed by atoms with E-state index in [0.717, 1.165) is 24.4 Å². The van der Waals surface area contributed by atoms with Gasteiger partial charge in [-0.3, -0.25) is 14.5 Å². The standard InChI is InChI=1S/C27H37N3O6/c1-20-5-7-22(36-20)17-30(16-21-6-8-23-24(15-21)35-19-34-23)25(31)18-29(26(32)27(2,3)4)10-9-28-11-13-33-14-12-28/h5-8,15H,9-14,16-19H2,1-4H3. The van der Waals surface area contributed by atoms with E-state index in [0.29, 0.717) is 56.7 Å². The minimum absolute atomic E-state index is 0.00465. The molecular formula is C27H37N3O6. The predicted octanol–water partition coefficient (Wildman–Crippen LogP) is 3.05. The van der Waals surface area contributed by atoms with Gasteiger partial charge in [-0.1, -0.05) is 26.8 Å². The highest BCUT2D eigenvalue weighted by Gasteiger charge is 2.30. The van der Waals surface area contributed by atoms with E-state index in [-0.39, 0.29) is 25.2 Å². The van der Waals surface area contributed by atoms with Crippen molar-refractivity contribution in [1.82, 2.24) is 14.7 Å². The van der Waals surface area contributed by atoms with Gasteiger partial charge < -0.3 is 28.4 Å². The summed E-state index contributed by atoms with van der Waals surface area (Å²) in [6.45, 7) is 12.6. The summed E-state index contributed by atoms with van der Waals surface area (Å²) in [5.74, 6) is 2.67. The molecule has 9 nitrogen and oxygen atoms in total. The van der Waals surface area contributed by atoms with Crippen molar-refractivity contribution in [2.45, 2.75) is 40.8 Å². The number of aryl methyl sites for hydroxylation is 1. The SMILES string of the molecule is Cc1ccc(CN(Cc2ccc3c(c2)OCO3)C(=O)CN(CCN2CCOCC2)C(=O)C(C)(C)C)o1. The molecule has 1 aromatic carbocycles. The number of carbonyl (C=O) groups is 2. The van der Waals surface area contributed by atoms with Gasteiger partial charge in [0.1, 0.15) is 11.5 Å². The topological polar surface area (TPSA) is 84.7 Å². The minimum atomic E-state index is -0.592. The first-order valence-corrected chi connectivity index (χ1v) is 12.5. The summed E-state index contributed by atoms with van der Waals surface area (Å²) in [7, 11) is 0. The summed E-state index contributed by atoms with van der Waals surface area (Å²) < 4.78 is 22.1. The molecule has 2 aliphatic rings. The van der Waals surface area contributed by atoms with Crippen LogP contribution >= 0.6 is 0 Å². The van der Waals surface area contributed by atoms with E-state index in [1.165, 1.54) is 0 Å². The van der Waals surface area contributed by atoms with Crippen molar-refractivity contribution in [1.29, 1.82) is 0 Å². The van der Waals surface area contributed by atoms with Crippen LogP contribution in [0.1, 0.15) is 37.9 Å². The van der Waals surface area contributed by atoms with Gasteiger partial charge in [0.2, 0.25) is 18.6 Å². The van der Waals surface area contributed by atoms with E-state index >= 15 is 0 Å². The smallest absolute Gasteiger partial charge is 0.242 e. The number of rotatable bonds is 9. The fraction of sp³-hybridized carbons (Fsp3) is 0.556. The first kappa shape index (κ1) is 26.0. The lowest BCUT2D eigenvalue weighted by molar-refractivity contribution is -0.146. The van der Waals surface area contributed by atoms with Gasteiger partial charge in [-0.2, -0.15) is 0 Å². The van der Waals surface area contributed by atoms with Crippen LogP contribution in [0.4, 0.5) is 0 Å². The third-order valence-electron chi connectivity index (χ3n) is 6.35. The molecule has 36 heavy (non-hydrogen) atoms. The summed E-state index contributed by atoms with van der Waals surface area (Å²) >= 11 is 0. The zero-order valence-corrected chi connectivity index (χ0v) is 21.7.